The molecule has 4 nitrogen and oxygen atoms in total. The summed E-state index contributed by atoms with van der Waals surface area (Å²) in [6.45, 7) is 14.5. The van der Waals surface area contributed by atoms with Crippen LogP contribution in [0.25, 0.3) is 22.5 Å². The Labute approximate surface area is 196 Å². The van der Waals surface area contributed by atoms with Gasteiger partial charge in [-0.15, -0.1) is 0 Å². The number of phenols is 1. The van der Waals surface area contributed by atoms with Gasteiger partial charge >= 0.3 is 0 Å². The smallest absolute Gasteiger partial charge is 0.172 e. The molecule has 0 unspecified atom stereocenters. The Morgan fingerprint density at radius 2 is 1.91 bits per heavy atom. The van der Waals surface area contributed by atoms with Crippen molar-refractivity contribution in [1.29, 1.82) is 0 Å². The van der Waals surface area contributed by atoms with Crippen LogP contribution in [0, 0.1) is 0 Å². The average Bonchev–Trinajstić information content (AvgIpc) is 2.77. The van der Waals surface area contributed by atoms with Gasteiger partial charge in [0, 0.05) is 22.4 Å². The SMILES string of the molecule is C=CC(/C=C1\Oc2ccc(O)c(OC)c2-c2ccc3c(c21)C(C)=CC(C)(C)N3)=C\C(C)=C/C. The van der Waals surface area contributed by atoms with Gasteiger partial charge < -0.3 is 19.9 Å². The standard InChI is InChI=1S/C29H31NO3/c1-8-17(3)14-19(9-2)15-24-26-20(27-23(33-24)13-12-22(31)28(27)32-7)10-11-21-25(26)18(4)16-29(5,6)30-21/h8-16,30-31H,2H2,1,3-7H3/b17-8-,19-14+,24-15-. The van der Waals surface area contributed by atoms with Crippen molar-refractivity contribution in [3.63, 3.8) is 0 Å². The molecule has 0 fully saturated rings. The summed E-state index contributed by atoms with van der Waals surface area (Å²) in [6.07, 6.45) is 10.2. The Bertz CT molecular complexity index is 1270. The van der Waals surface area contributed by atoms with Gasteiger partial charge in [0.25, 0.3) is 0 Å². The molecule has 2 aromatic carbocycles. The van der Waals surface area contributed by atoms with Gasteiger partial charge in [-0.3, -0.25) is 0 Å². The first kappa shape index (κ1) is 22.5. The number of aromatic hydroxyl groups is 1. The van der Waals surface area contributed by atoms with Crippen molar-refractivity contribution in [1.82, 2.24) is 0 Å². The Morgan fingerprint density at radius 3 is 2.58 bits per heavy atom. The van der Waals surface area contributed by atoms with Gasteiger partial charge in [-0.25, -0.2) is 0 Å². The lowest BCUT2D eigenvalue weighted by molar-refractivity contribution is 0.371. The molecule has 2 heterocycles. The van der Waals surface area contributed by atoms with E-state index < -0.39 is 0 Å². The molecule has 0 aromatic heterocycles. The summed E-state index contributed by atoms with van der Waals surface area (Å²) >= 11 is 0. The molecule has 4 rings (SSSR count). The van der Waals surface area contributed by atoms with Crippen LogP contribution in [0.15, 0.2) is 72.4 Å². The number of rotatable bonds is 4. The van der Waals surface area contributed by atoms with Gasteiger partial charge in [-0.2, -0.15) is 0 Å². The van der Waals surface area contributed by atoms with E-state index >= 15 is 0 Å². The minimum atomic E-state index is -0.159. The minimum absolute atomic E-state index is 0.0813. The summed E-state index contributed by atoms with van der Waals surface area (Å²) in [7, 11) is 1.56. The second-order valence-corrected chi connectivity index (χ2v) is 9.07. The number of phenolic OH excluding ortho intramolecular Hbond substituents is 1. The highest BCUT2D eigenvalue weighted by atomic mass is 16.5. The number of fused-ring (bicyclic) bond motifs is 5. The third-order valence-corrected chi connectivity index (χ3v) is 6.06. The number of allylic oxidation sites excluding steroid dienone is 7. The molecule has 0 aliphatic carbocycles. The molecule has 0 saturated heterocycles. The molecule has 2 aromatic rings. The lowest BCUT2D eigenvalue weighted by atomic mass is 9.82. The largest absolute Gasteiger partial charge is 0.504 e. The van der Waals surface area contributed by atoms with E-state index in [9.17, 15) is 5.11 Å². The highest BCUT2D eigenvalue weighted by Gasteiger charge is 2.33. The molecule has 0 bridgehead atoms. The number of benzene rings is 2. The first-order valence-electron chi connectivity index (χ1n) is 11.1. The summed E-state index contributed by atoms with van der Waals surface area (Å²) in [4.78, 5) is 0. The zero-order valence-electron chi connectivity index (χ0n) is 20.2. The van der Waals surface area contributed by atoms with Crippen LogP contribution >= 0.6 is 0 Å². The predicted octanol–water partition coefficient (Wildman–Crippen LogP) is 7.49. The van der Waals surface area contributed by atoms with Gasteiger partial charge in [-0.05, 0) is 70.0 Å². The molecule has 4 heteroatoms. The maximum Gasteiger partial charge on any atom is 0.172 e. The zero-order valence-corrected chi connectivity index (χ0v) is 20.2. The number of hydrogen-bond acceptors (Lipinski definition) is 4. The van der Waals surface area contributed by atoms with Crippen molar-refractivity contribution in [2.45, 2.75) is 40.2 Å². The first-order valence-corrected chi connectivity index (χ1v) is 11.1. The first-order chi connectivity index (χ1) is 15.7. The fraction of sp³-hybridized carbons (Fsp3) is 0.241. The molecule has 2 N–H and O–H groups in total. The summed E-state index contributed by atoms with van der Waals surface area (Å²) < 4.78 is 12.1. The summed E-state index contributed by atoms with van der Waals surface area (Å²) in [5.41, 5.74) is 7.89. The van der Waals surface area contributed by atoms with Crippen LogP contribution < -0.4 is 14.8 Å². The maximum atomic E-state index is 10.5. The highest BCUT2D eigenvalue weighted by molar-refractivity contribution is 5.99. The summed E-state index contributed by atoms with van der Waals surface area (Å²) in [5.74, 6) is 1.85. The lowest BCUT2D eigenvalue weighted by Crippen LogP contribution is -2.32. The second kappa shape index (κ2) is 8.36. The van der Waals surface area contributed by atoms with E-state index in [-0.39, 0.29) is 11.3 Å². The van der Waals surface area contributed by atoms with E-state index in [2.05, 4.69) is 70.0 Å². The fourth-order valence-electron chi connectivity index (χ4n) is 4.61. The van der Waals surface area contributed by atoms with Gasteiger partial charge in [0.1, 0.15) is 11.5 Å². The van der Waals surface area contributed by atoms with Crippen molar-refractivity contribution in [2.24, 2.45) is 0 Å². The van der Waals surface area contributed by atoms with E-state index in [1.165, 1.54) is 0 Å². The molecule has 0 amide bonds. The van der Waals surface area contributed by atoms with Crippen LogP contribution in [0.5, 0.6) is 17.2 Å². The monoisotopic (exact) mass is 441 g/mol. The fourth-order valence-corrected chi connectivity index (χ4v) is 4.61. The molecular formula is C29H31NO3. The van der Waals surface area contributed by atoms with Crippen LogP contribution in [0.1, 0.15) is 45.7 Å². The number of methoxy groups -OCH3 is 1. The van der Waals surface area contributed by atoms with Gasteiger partial charge in [-0.1, -0.05) is 42.5 Å². The normalized spacial score (nSPS) is 17.8. The third kappa shape index (κ3) is 3.97. The van der Waals surface area contributed by atoms with E-state index in [1.54, 1.807) is 19.2 Å². The highest BCUT2D eigenvalue weighted by Crippen LogP contribution is 2.53. The van der Waals surface area contributed by atoms with E-state index in [0.29, 0.717) is 11.5 Å². The number of hydrogen-bond donors (Lipinski definition) is 2. The molecule has 2 aliphatic heterocycles. The number of anilines is 1. The van der Waals surface area contributed by atoms with E-state index in [1.807, 2.05) is 19.1 Å². The molecular weight excluding hydrogens is 410 g/mol. The molecule has 0 spiro atoms. The number of nitrogens with one attached hydrogen (secondary N) is 1. The summed E-state index contributed by atoms with van der Waals surface area (Å²) in [6, 6.07) is 7.54. The van der Waals surface area contributed by atoms with Crippen molar-refractivity contribution in [2.75, 3.05) is 12.4 Å². The van der Waals surface area contributed by atoms with Crippen LogP contribution in [0.4, 0.5) is 5.69 Å². The van der Waals surface area contributed by atoms with Gasteiger partial charge in [0.05, 0.1) is 18.2 Å². The van der Waals surface area contributed by atoms with E-state index in [0.717, 1.165) is 50.4 Å². The van der Waals surface area contributed by atoms with E-state index in [4.69, 9.17) is 9.47 Å². The van der Waals surface area contributed by atoms with Gasteiger partial charge in [0.2, 0.25) is 0 Å². The molecule has 0 saturated carbocycles. The minimum Gasteiger partial charge on any atom is -0.504 e. The van der Waals surface area contributed by atoms with Gasteiger partial charge in [0.15, 0.2) is 11.5 Å². The zero-order chi connectivity index (χ0) is 23.9. The Balaban J connectivity index is 2.07. The molecule has 2 aliphatic rings. The van der Waals surface area contributed by atoms with Crippen LogP contribution in [0.2, 0.25) is 0 Å². The Hall–Kier alpha value is -3.66. The van der Waals surface area contributed by atoms with Crippen molar-refractivity contribution >= 4 is 17.0 Å². The Kier molecular flexibility index (Phi) is 5.71. The van der Waals surface area contributed by atoms with Crippen LogP contribution in [-0.4, -0.2) is 17.8 Å². The number of ether oxygens (including phenoxy) is 2. The second-order valence-electron chi connectivity index (χ2n) is 9.07. The van der Waals surface area contributed by atoms with Crippen molar-refractivity contribution in [3.05, 3.63) is 83.5 Å². The van der Waals surface area contributed by atoms with Crippen molar-refractivity contribution < 1.29 is 14.6 Å². The molecule has 0 atom stereocenters. The third-order valence-electron chi connectivity index (χ3n) is 6.06. The topological polar surface area (TPSA) is 50.7 Å². The van der Waals surface area contributed by atoms with Crippen LogP contribution in [0.3, 0.4) is 0 Å². The maximum absolute atomic E-state index is 10.5. The lowest BCUT2D eigenvalue weighted by Gasteiger charge is -2.35. The van der Waals surface area contributed by atoms with Crippen LogP contribution in [-0.2, 0) is 0 Å². The quantitative estimate of drug-likeness (QED) is 0.483. The molecule has 33 heavy (non-hydrogen) atoms. The predicted molar refractivity (Wildman–Crippen MR) is 138 cm³/mol. The molecule has 0 radical (unpaired) electrons. The van der Waals surface area contributed by atoms with Crippen molar-refractivity contribution in [3.8, 4) is 28.4 Å². The molecule has 170 valence electrons. The Morgan fingerprint density at radius 1 is 1.15 bits per heavy atom. The summed E-state index contributed by atoms with van der Waals surface area (Å²) in [5, 5.41) is 14.1. The average molecular weight is 442 g/mol.